The number of aryl methyl sites for hydroxylation is 1. The van der Waals surface area contributed by atoms with Crippen LogP contribution in [0.1, 0.15) is 31.2 Å². The molecule has 0 N–H and O–H groups in total. The molecule has 0 spiro atoms. The molecule has 2 heteroatoms. The van der Waals surface area contributed by atoms with Crippen molar-refractivity contribution >= 4 is 11.6 Å². The molecule has 0 aromatic heterocycles. The fourth-order valence-electron chi connectivity index (χ4n) is 3.90. The van der Waals surface area contributed by atoms with Crippen molar-refractivity contribution in [1.29, 1.82) is 0 Å². The number of hydrogen-bond donors (Lipinski definition) is 0. The Labute approximate surface area is 108 Å². The van der Waals surface area contributed by atoms with Crippen LogP contribution >= 0.6 is 0 Å². The maximum atomic E-state index is 12.7. The number of benzene rings is 1. The van der Waals surface area contributed by atoms with Crippen LogP contribution in [0.4, 0.5) is 5.69 Å². The van der Waals surface area contributed by atoms with Crippen molar-refractivity contribution in [1.82, 2.24) is 0 Å². The number of hydrogen-bond acceptors (Lipinski definition) is 1. The number of nitrogens with zero attached hydrogens (tertiary/aromatic N) is 1. The van der Waals surface area contributed by atoms with Gasteiger partial charge >= 0.3 is 0 Å². The van der Waals surface area contributed by atoms with E-state index in [0.717, 1.165) is 44.1 Å². The van der Waals surface area contributed by atoms with Crippen molar-refractivity contribution in [3.8, 4) is 0 Å². The first-order valence-electron chi connectivity index (χ1n) is 7.22. The monoisotopic (exact) mass is 241 g/mol. The van der Waals surface area contributed by atoms with Gasteiger partial charge in [-0.2, -0.15) is 0 Å². The number of amides is 1. The summed E-state index contributed by atoms with van der Waals surface area (Å²) in [4.78, 5) is 14.7. The molecule has 0 saturated heterocycles. The molecule has 1 aromatic carbocycles. The van der Waals surface area contributed by atoms with Gasteiger partial charge in [-0.05, 0) is 55.6 Å². The van der Waals surface area contributed by atoms with E-state index in [1.807, 2.05) is 0 Å². The van der Waals surface area contributed by atoms with Crippen LogP contribution in [-0.2, 0) is 11.2 Å². The summed E-state index contributed by atoms with van der Waals surface area (Å²) in [5, 5.41) is 0. The van der Waals surface area contributed by atoms with Gasteiger partial charge in [0.1, 0.15) is 0 Å². The maximum absolute atomic E-state index is 12.7. The minimum atomic E-state index is 0.319. The average Bonchev–Trinajstić information content (AvgIpc) is 3.04. The summed E-state index contributed by atoms with van der Waals surface area (Å²) >= 11 is 0. The number of anilines is 1. The molecule has 0 radical (unpaired) electrons. The van der Waals surface area contributed by atoms with Crippen molar-refractivity contribution < 1.29 is 4.79 Å². The number of carbonyl (C=O) groups is 1. The molecule has 2 unspecified atom stereocenters. The van der Waals surface area contributed by atoms with Gasteiger partial charge in [0.15, 0.2) is 0 Å². The first-order valence-corrected chi connectivity index (χ1v) is 7.22. The second-order valence-corrected chi connectivity index (χ2v) is 6.15. The van der Waals surface area contributed by atoms with Crippen LogP contribution in [0.5, 0.6) is 0 Å². The fourth-order valence-corrected chi connectivity index (χ4v) is 3.90. The topological polar surface area (TPSA) is 20.3 Å². The molecule has 0 bridgehead atoms. The lowest BCUT2D eigenvalue weighted by molar-refractivity contribution is -0.122. The molecule has 2 atom stereocenters. The van der Waals surface area contributed by atoms with Gasteiger partial charge in [0.25, 0.3) is 0 Å². The van der Waals surface area contributed by atoms with Gasteiger partial charge in [-0.25, -0.2) is 0 Å². The van der Waals surface area contributed by atoms with Crippen molar-refractivity contribution in [2.45, 2.75) is 32.1 Å². The molecule has 1 aromatic rings. The van der Waals surface area contributed by atoms with Crippen LogP contribution < -0.4 is 4.90 Å². The zero-order chi connectivity index (χ0) is 12.1. The summed E-state index contributed by atoms with van der Waals surface area (Å²) < 4.78 is 0. The SMILES string of the molecule is O=C(C1CC2CC2C1)N1CCCc2ccccc21. The van der Waals surface area contributed by atoms with Gasteiger partial charge in [-0.15, -0.1) is 0 Å². The zero-order valence-corrected chi connectivity index (χ0v) is 10.6. The third-order valence-electron chi connectivity index (χ3n) is 4.97. The molecule has 18 heavy (non-hydrogen) atoms. The highest BCUT2D eigenvalue weighted by Gasteiger charge is 2.49. The number of rotatable bonds is 1. The Morgan fingerprint density at radius 3 is 2.72 bits per heavy atom. The van der Waals surface area contributed by atoms with Gasteiger partial charge in [-0.1, -0.05) is 18.2 Å². The Morgan fingerprint density at radius 2 is 1.89 bits per heavy atom. The summed E-state index contributed by atoms with van der Waals surface area (Å²) in [5.74, 6) is 2.49. The van der Waals surface area contributed by atoms with Crippen LogP contribution in [0, 0.1) is 17.8 Å². The number of para-hydroxylation sites is 1. The fraction of sp³-hybridized carbons (Fsp3) is 0.562. The van der Waals surface area contributed by atoms with E-state index in [2.05, 4.69) is 29.2 Å². The second-order valence-electron chi connectivity index (χ2n) is 6.15. The van der Waals surface area contributed by atoms with Crippen molar-refractivity contribution in [2.24, 2.45) is 17.8 Å². The molecule has 1 heterocycles. The van der Waals surface area contributed by atoms with E-state index in [1.165, 1.54) is 17.7 Å². The van der Waals surface area contributed by atoms with Crippen molar-refractivity contribution in [3.63, 3.8) is 0 Å². The van der Waals surface area contributed by atoms with Crippen LogP contribution in [-0.4, -0.2) is 12.5 Å². The first-order chi connectivity index (χ1) is 8.83. The van der Waals surface area contributed by atoms with Crippen molar-refractivity contribution in [2.75, 3.05) is 11.4 Å². The van der Waals surface area contributed by atoms with E-state index >= 15 is 0 Å². The summed E-state index contributed by atoms with van der Waals surface area (Å²) in [6.07, 6.45) is 5.93. The molecule has 3 aliphatic rings. The third kappa shape index (κ3) is 1.58. The normalized spacial score (nSPS) is 32.9. The lowest BCUT2D eigenvalue weighted by Gasteiger charge is -2.31. The van der Waals surface area contributed by atoms with E-state index in [1.54, 1.807) is 0 Å². The molecule has 1 amide bonds. The summed E-state index contributed by atoms with van der Waals surface area (Å²) in [6.45, 7) is 0.918. The molecule has 4 rings (SSSR count). The zero-order valence-electron chi connectivity index (χ0n) is 10.6. The predicted molar refractivity (Wildman–Crippen MR) is 71.4 cm³/mol. The van der Waals surface area contributed by atoms with E-state index in [-0.39, 0.29) is 0 Å². The molecular formula is C16H19NO. The Morgan fingerprint density at radius 1 is 1.11 bits per heavy atom. The molecule has 2 fully saturated rings. The second kappa shape index (κ2) is 3.84. The average molecular weight is 241 g/mol. The summed E-state index contributed by atoms with van der Waals surface area (Å²) in [5.41, 5.74) is 2.52. The van der Waals surface area contributed by atoms with Crippen LogP contribution in [0.25, 0.3) is 0 Å². The molecule has 2 saturated carbocycles. The quantitative estimate of drug-likeness (QED) is 0.740. The Balaban J connectivity index is 1.59. The molecule has 1 aliphatic heterocycles. The Kier molecular flexibility index (Phi) is 2.26. The van der Waals surface area contributed by atoms with Crippen LogP contribution in [0.2, 0.25) is 0 Å². The molecular weight excluding hydrogens is 222 g/mol. The highest BCUT2D eigenvalue weighted by Crippen LogP contribution is 2.54. The van der Waals surface area contributed by atoms with Gasteiger partial charge in [0.05, 0.1) is 0 Å². The van der Waals surface area contributed by atoms with Gasteiger partial charge in [0, 0.05) is 18.2 Å². The maximum Gasteiger partial charge on any atom is 0.230 e. The van der Waals surface area contributed by atoms with Crippen molar-refractivity contribution in [3.05, 3.63) is 29.8 Å². The lowest BCUT2D eigenvalue weighted by Crippen LogP contribution is -2.39. The van der Waals surface area contributed by atoms with Crippen LogP contribution in [0.3, 0.4) is 0 Å². The van der Waals surface area contributed by atoms with Gasteiger partial charge in [0.2, 0.25) is 5.91 Å². The Bertz CT molecular complexity index is 486. The molecule has 2 nitrogen and oxygen atoms in total. The predicted octanol–water partition coefficient (Wildman–Crippen LogP) is 3.01. The lowest BCUT2D eigenvalue weighted by atomic mass is 9.97. The van der Waals surface area contributed by atoms with E-state index in [4.69, 9.17) is 0 Å². The highest BCUT2D eigenvalue weighted by atomic mass is 16.2. The number of fused-ring (bicyclic) bond motifs is 2. The molecule has 94 valence electrons. The molecule has 2 aliphatic carbocycles. The summed E-state index contributed by atoms with van der Waals surface area (Å²) in [6, 6.07) is 8.41. The van der Waals surface area contributed by atoms with E-state index < -0.39 is 0 Å². The van der Waals surface area contributed by atoms with E-state index in [9.17, 15) is 4.79 Å². The van der Waals surface area contributed by atoms with Gasteiger partial charge in [-0.3, -0.25) is 4.79 Å². The van der Waals surface area contributed by atoms with Gasteiger partial charge < -0.3 is 4.90 Å². The van der Waals surface area contributed by atoms with Crippen LogP contribution in [0.15, 0.2) is 24.3 Å². The standard InChI is InChI=1S/C16H19NO/c18-16(14-9-12-8-13(12)10-14)17-7-3-5-11-4-1-2-6-15(11)17/h1-2,4,6,12-14H,3,5,7-10H2. The Hall–Kier alpha value is -1.31. The number of carbonyl (C=O) groups excluding carboxylic acids is 1. The highest BCUT2D eigenvalue weighted by molar-refractivity contribution is 5.96. The summed E-state index contributed by atoms with van der Waals surface area (Å²) in [7, 11) is 0. The largest absolute Gasteiger partial charge is 0.312 e. The van der Waals surface area contributed by atoms with E-state index in [0.29, 0.717) is 11.8 Å². The third-order valence-corrected chi connectivity index (χ3v) is 4.97. The smallest absolute Gasteiger partial charge is 0.230 e. The first kappa shape index (κ1) is 10.6. The minimum absolute atomic E-state index is 0.319. The minimum Gasteiger partial charge on any atom is -0.312 e.